The highest BCUT2D eigenvalue weighted by Crippen LogP contribution is 2.20. The molecule has 1 heterocycles. The Morgan fingerprint density at radius 2 is 1.81 bits per heavy atom. The monoisotopic (exact) mass is 380 g/mol. The number of rotatable bonds is 6. The van der Waals surface area contributed by atoms with Gasteiger partial charge >= 0.3 is 11.9 Å². The van der Waals surface area contributed by atoms with Gasteiger partial charge in [-0.25, -0.2) is 18.4 Å². The average molecular weight is 380 g/mol. The number of anilines is 1. The van der Waals surface area contributed by atoms with Crippen molar-refractivity contribution in [2.45, 2.75) is 20.8 Å². The van der Waals surface area contributed by atoms with Crippen molar-refractivity contribution in [1.29, 1.82) is 0 Å². The van der Waals surface area contributed by atoms with Crippen LogP contribution in [0.4, 0.5) is 14.5 Å². The van der Waals surface area contributed by atoms with Crippen LogP contribution in [0.5, 0.6) is 0 Å². The molecule has 27 heavy (non-hydrogen) atoms. The van der Waals surface area contributed by atoms with Gasteiger partial charge in [0, 0.05) is 11.8 Å². The van der Waals surface area contributed by atoms with E-state index in [2.05, 4.69) is 10.3 Å². The van der Waals surface area contributed by atoms with Crippen molar-refractivity contribution in [3.8, 4) is 0 Å². The summed E-state index contributed by atoms with van der Waals surface area (Å²) in [5.74, 6) is -3.98. The molecule has 0 aliphatic rings. The van der Waals surface area contributed by atoms with Gasteiger partial charge in [-0.05, 0) is 38.5 Å². The molecule has 0 unspecified atom stereocenters. The predicted octanol–water partition coefficient (Wildman–Crippen LogP) is 2.88. The van der Waals surface area contributed by atoms with Crippen molar-refractivity contribution >= 4 is 23.5 Å². The lowest BCUT2D eigenvalue weighted by Crippen LogP contribution is -2.22. The van der Waals surface area contributed by atoms with Crippen molar-refractivity contribution in [3.63, 3.8) is 0 Å². The number of H-pyrrole nitrogens is 1. The van der Waals surface area contributed by atoms with Crippen molar-refractivity contribution in [2.24, 2.45) is 0 Å². The number of carbonyl (C=O) groups excluding carboxylic acids is 3. The second kappa shape index (κ2) is 8.43. The minimum atomic E-state index is -0.954. The number of halogens is 2. The average Bonchev–Trinajstić information content (AvgIpc) is 2.90. The van der Waals surface area contributed by atoms with Gasteiger partial charge in [-0.15, -0.1) is 0 Å². The second-order valence-corrected chi connectivity index (χ2v) is 5.59. The summed E-state index contributed by atoms with van der Waals surface area (Å²) in [5.41, 5.74) is 0.753. The van der Waals surface area contributed by atoms with Crippen molar-refractivity contribution < 1.29 is 32.6 Å². The molecule has 0 spiro atoms. The van der Waals surface area contributed by atoms with E-state index in [0.29, 0.717) is 17.3 Å². The van der Waals surface area contributed by atoms with Gasteiger partial charge in [0.15, 0.2) is 6.61 Å². The zero-order valence-corrected chi connectivity index (χ0v) is 14.9. The normalized spacial score (nSPS) is 10.4. The molecule has 2 N–H and O–H groups in total. The first-order valence-electron chi connectivity index (χ1n) is 8.02. The van der Waals surface area contributed by atoms with Gasteiger partial charge in [0.05, 0.1) is 17.9 Å². The number of esters is 2. The van der Waals surface area contributed by atoms with E-state index in [1.807, 2.05) is 0 Å². The summed E-state index contributed by atoms with van der Waals surface area (Å²) in [6.45, 7) is 4.29. The fraction of sp³-hybridized carbons (Fsp3) is 0.278. The Balaban J connectivity index is 2.02. The Morgan fingerprint density at radius 3 is 2.44 bits per heavy atom. The Hall–Kier alpha value is -3.23. The van der Waals surface area contributed by atoms with Crippen molar-refractivity contribution in [1.82, 2.24) is 4.98 Å². The molecular formula is C18H18F2N2O5. The van der Waals surface area contributed by atoms with E-state index in [1.54, 1.807) is 20.8 Å². The Bertz CT molecular complexity index is 892. The van der Waals surface area contributed by atoms with E-state index in [9.17, 15) is 23.2 Å². The van der Waals surface area contributed by atoms with E-state index in [0.717, 1.165) is 12.1 Å². The summed E-state index contributed by atoms with van der Waals surface area (Å²) >= 11 is 0. The molecule has 144 valence electrons. The van der Waals surface area contributed by atoms with Gasteiger partial charge in [-0.1, -0.05) is 0 Å². The fourth-order valence-corrected chi connectivity index (χ4v) is 2.44. The van der Waals surface area contributed by atoms with Crippen LogP contribution in [0, 0.1) is 25.5 Å². The van der Waals surface area contributed by atoms with Gasteiger partial charge in [-0.3, -0.25) is 4.79 Å². The molecule has 2 rings (SSSR count). The lowest BCUT2D eigenvalue weighted by atomic mass is 10.1. The fourth-order valence-electron chi connectivity index (χ4n) is 2.44. The number of aryl methyl sites for hydroxylation is 1. The molecule has 0 aliphatic carbocycles. The Kier molecular flexibility index (Phi) is 6.27. The molecule has 2 aromatic rings. The van der Waals surface area contributed by atoms with Crippen LogP contribution in [-0.2, 0) is 14.3 Å². The third-order valence-electron chi connectivity index (χ3n) is 3.66. The highest BCUT2D eigenvalue weighted by Gasteiger charge is 2.24. The van der Waals surface area contributed by atoms with Crippen LogP contribution in [0.2, 0.25) is 0 Å². The van der Waals surface area contributed by atoms with Crippen LogP contribution in [0.3, 0.4) is 0 Å². The summed E-state index contributed by atoms with van der Waals surface area (Å²) in [6, 6.07) is 2.64. The van der Waals surface area contributed by atoms with E-state index in [1.165, 1.54) is 0 Å². The molecule has 9 heteroatoms. The Morgan fingerprint density at radius 1 is 1.11 bits per heavy atom. The summed E-state index contributed by atoms with van der Waals surface area (Å²) in [4.78, 5) is 38.6. The highest BCUT2D eigenvalue weighted by molar-refractivity contribution is 5.99. The number of hydrogen-bond donors (Lipinski definition) is 2. The third-order valence-corrected chi connectivity index (χ3v) is 3.66. The van der Waals surface area contributed by atoms with Crippen molar-refractivity contribution in [2.75, 3.05) is 18.5 Å². The number of amides is 1. The number of carbonyl (C=O) groups is 3. The van der Waals surface area contributed by atoms with Crippen LogP contribution in [0.1, 0.15) is 39.0 Å². The molecule has 0 atom stereocenters. The van der Waals surface area contributed by atoms with Gasteiger partial charge in [-0.2, -0.15) is 0 Å². The van der Waals surface area contributed by atoms with Crippen molar-refractivity contribution in [3.05, 3.63) is 52.3 Å². The van der Waals surface area contributed by atoms with E-state index >= 15 is 0 Å². The first-order valence-corrected chi connectivity index (χ1v) is 8.02. The maximum Gasteiger partial charge on any atom is 0.355 e. The molecule has 1 amide bonds. The van der Waals surface area contributed by atoms with Crippen LogP contribution in [-0.4, -0.2) is 36.0 Å². The predicted molar refractivity (Wildman–Crippen MR) is 91.5 cm³/mol. The molecule has 7 nitrogen and oxygen atoms in total. The molecule has 0 bridgehead atoms. The summed E-state index contributed by atoms with van der Waals surface area (Å²) in [6.07, 6.45) is 0. The van der Waals surface area contributed by atoms with E-state index in [-0.39, 0.29) is 23.6 Å². The largest absolute Gasteiger partial charge is 0.462 e. The summed E-state index contributed by atoms with van der Waals surface area (Å²) < 4.78 is 36.2. The third kappa shape index (κ3) is 4.69. The maximum absolute atomic E-state index is 13.5. The van der Waals surface area contributed by atoms with Crippen LogP contribution < -0.4 is 5.32 Å². The molecule has 0 saturated carbocycles. The quantitative estimate of drug-likeness (QED) is 0.751. The lowest BCUT2D eigenvalue weighted by molar-refractivity contribution is -0.119. The Labute approximate surface area is 153 Å². The van der Waals surface area contributed by atoms with Gasteiger partial charge in [0.2, 0.25) is 0 Å². The van der Waals surface area contributed by atoms with E-state index in [4.69, 9.17) is 9.47 Å². The highest BCUT2D eigenvalue weighted by atomic mass is 19.1. The molecule has 1 aromatic carbocycles. The summed E-state index contributed by atoms with van der Waals surface area (Å²) in [5, 5.41) is 2.17. The minimum Gasteiger partial charge on any atom is -0.462 e. The van der Waals surface area contributed by atoms with Crippen LogP contribution in [0.15, 0.2) is 18.2 Å². The second-order valence-electron chi connectivity index (χ2n) is 5.59. The topological polar surface area (TPSA) is 97.5 Å². The SMILES string of the molecule is CCOC(=O)c1c(C)[nH]c(C(=O)OCC(=O)Nc2ccc(F)cc2F)c1C. The smallest absolute Gasteiger partial charge is 0.355 e. The molecule has 0 fully saturated rings. The number of hydrogen-bond acceptors (Lipinski definition) is 5. The standard InChI is InChI=1S/C18H18F2N2O5/c1-4-26-17(24)15-9(2)16(21-10(15)3)18(25)27-8-14(23)22-13-6-5-11(19)7-12(13)20/h5-7,21H,4,8H2,1-3H3,(H,22,23). The van der Waals surface area contributed by atoms with Gasteiger partial charge < -0.3 is 19.8 Å². The first-order chi connectivity index (χ1) is 12.7. The number of ether oxygens (including phenoxy) is 2. The zero-order valence-electron chi connectivity index (χ0n) is 14.9. The number of nitrogens with one attached hydrogen (secondary N) is 2. The molecule has 1 aromatic heterocycles. The molecule has 0 aliphatic heterocycles. The van der Waals surface area contributed by atoms with Gasteiger partial charge in [0.25, 0.3) is 5.91 Å². The van der Waals surface area contributed by atoms with Gasteiger partial charge in [0.1, 0.15) is 17.3 Å². The maximum atomic E-state index is 13.5. The lowest BCUT2D eigenvalue weighted by Gasteiger charge is -2.07. The number of aromatic nitrogens is 1. The molecular weight excluding hydrogens is 362 g/mol. The van der Waals surface area contributed by atoms with Crippen LogP contribution >= 0.6 is 0 Å². The number of aromatic amines is 1. The minimum absolute atomic E-state index is 0.0105. The number of benzene rings is 1. The molecule has 0 saturated heterocycles. The van der Waals surface area contributed by atoms with Crippen LogP contribution in [0.25, 0.3) is 0 Å². The summed E-state index contributed by atoms with van der Waals surface area (Å²) in [7, 11) is 0. The zero-order chi connectivity index (χ0) is 20.1. The first kappa shape index (κ1) is 20.1. The van der Waals surface area contributed by atoms with E-state index < -0.39 is 36.1 Å². The molecule has 0 radical (unpaired) electrons.